The fourth-order valence-electron chi connectivity index (χ4n) is 2.42. The lowest BCUT2D eigenvalue weighted by molar-refractivity contribution is -0.384. The smallest absolute Gasteiger partial charge is 0.271 e. The maximum Gasteiger partial charge on any atom is 0.271 e. The first-order valence-corrected chi connectivity index (χ1v) is 7.68. The van der Waals surface area contributed by atoms with Crippen LogP contribution in [0.1, 0.15) is 12.8 Å². The van der Waals surface area contributed by atoms with Crippen molar-refractivity contribution >= 4 is 28.5 Å². The van der Waals surface area contributed by atoms with Gasteiger partial charge < -0.3 is 10.3 Å². The maximum atomic E-state index is 10.7. The Morgan fingerprint density at radius 1 is 1.50 bits per heavy atom. The Balaban J connectivity index is 1.70. The van der Waals surface area contributed by atoms with E-state index in [-0.39, 0.29) is 10.6 Å². The zero-order valence-corrected chi connectivity index (χ0v) is 11.8. The minimum atomic E-state index is -0.388. The number of nitrogens with zero attached hydrogens (tertiary/aromatic N) is 2. The molecule has 1 atom stereocenters. The number of piperidine rings is 1. The van der Waals surface area contributed by atoms with Crippen molar-refractivity contribution in [1.29, 1.82) is 0 Å². The second-order valence-corrected chi connectivity index (χ2v) is 6.03. The van der Waals surface area contributed by atoms with E-state index in [1.165, 1.54) is 25.0 Å². The van der Waals surface area contributed by atoms with Crippen molar-refractivity contribution in [3.63, 3.8) is 0 Å². The third-order valence-corrected chi connectivity index (χ3v) is 4.61. The van der Waals surface area contributed by atoms with Crippen molar-refractivity contribution in [2.75, 3.05) is 18.8 Å². The van der Waals surface area contributed by atoms with Crippen LogP contribution in [-0.2, 0) is 0 Å². The van der Waals surface area contributed by atoms with Crippen LogP contribution < -0.4 is 5.32 Å². The molecular weight excluding hydrogens is 276 g/mol. The van der Waals surface area contributed by atoms with Crippen molar-refractivity contribution in [2.24, 2.45) is 5.92 Å². The van der Waals surface area contributed by atoms with Gasteiger partial charge in [-0.3, -0.25) is 10.1 Å². The van der Waals surface area contributed by atoms with E-state index in [1.807, 2.05) is 0 Å². The van der Waals surface area contributed by atoms with Crippen molar-refractivity contribution in [3.05, 3.63) is 28.3 Å². The topological polar surface area (TPSA) is 83.8 Å². The molecular formula is C13H16N4O2S. The SMILES string of the molecule is O=[N+]([O-])c1ccc2nc(SCC3CCCNC3)[nH]c2c1. The summed E-state index contributed by atoms with van der Waals surface area (Å²) in [6, 6.07) is 4.72. The molecule has 1 aliphatic rings. The molecule has 2 N–H and O–H groups in total. The van der Waals surface area contributed by atoms with Crippen LogP contribution in [0, 0.1) is 16.0 Å². The van der Waals surface area contributed by atoms with Crippen molar-refractivity contribution in [1.82, 2.24) is 15.3 Å². The van der Waals surface area contributed by atoms with Crippen LogP contribution in [-0.4, -0.2) is 33.7 Å². The number of thioether (sulfide) groups is 1. The van der Waals surface area contributed by atoms with E-state index >= 15 is 0 Å². The molecule has 0 amide bonds. The van der Waals surface area contributed by atoms with Gasteiger partial charge in [0.1, 0.15) is 0 Å². The second kappa shape index (κ2) is 5.80. The summed E-state index contributed by atoms with van der Waals surface area (Å²) in [5.41, 5.74) is 1.59. The zero-order valence-electron chi connectivity index (χ0n) is 11.0. The van der Waals surface area contributed by atoms with E-state index in [2.05, 4.69) is 15.3 Å². The number of nitro groups is 1. The van der Waals surface area contributed by atoms with Crippen LogP contribution in [0.4, 0.5) is 5.69 Å². The summed E-state index contributed by atoms with van der Waals surface area (Å²) < 4.78 is 0. The molecule has 2 heterocycles. The highest BCUT2D eigenvalue weighted by atomic mass is 32.2. The summed E-state index contributed by atoms with van der Waals surface area (Å²) in [6.07, 6.45) is 2.49. The van der Waals surface area contributed by atoms with Gasteiger partial charge in [0.15, 0.2) is 5.16 Å². The first kappa shape index (κ1) is 13.4. The monoisotopic (exact) mass is 292 g/mol. The molecule has 20 heavy (non-hydrogen) atoms. The van der Waals surface area contributed by atoms with Gasteiger partial charge in [-0.05, 0) is 37.9 Å². The first-order valence-electron chi connectivity index (χ1n) is 6.70. The number of hydrogen-bond donors (Lipinski definition) is 2. The molecule has 1 aliphatic heterocycles. The quantitative estimate of drug-likeness (QED) is 0.514. The van der Waals surface area contributed by atoms with E-state index in [1.54, 1.807) is 17.8 Å². The lowest BCUT2D eigenvalue weighted by Gasteiger charge is -2.21. The van der Waals surface area contributed by atoms with Gasteiger partial charge in [0.2, 0.25) is 0 Å². The van der Waals surface area contributed by atoms with Gasteiger partial charge in [0.25, 0.3) is 5.69 Å². The highest BCUT2D eigenvalue weighted by Gasteiger charge is 2.15. The molecule has 1 aromatic carbocycles. The number of nitro benzene ring substituents is 1. The molecule has 1 unspecified atom stereocenters. The van der Waals surface area contributed by atoms with Gasteiger partial charge in [-0.25, -0.2) is 4.98 Å². The fourth-order valence-corrected chi connectivity index (χ4v) is 3.44. The number of benzene rings is 1. The minimum absolute atomic E-state index is 0.0918. The van der Waals surface area contributed by atoms with Gasteiger partial charge >= 0.3 is 0 Å². The average Bonchev–Trinajstić information content (AvgIpc) is 2.88. The predicted molar refractivity (Wildman–Crippen MR) is 79.1 cm³/mol. The molecule has 0 aliphatic carbocycles. The number of H-pyrrole nitrogens is 1. The van der Waals surface area contributed by atoms with Crippen molar-refractivity contribution in [2.45, 2.75) is 18.0 Å². The molecule has 0 bridgehead atoms. The molecule has 7 heteroatoms. The molecule has 1 fully saturated rings. The number of nitrogens with one attached hydrogen (secondary N) is 2. The van der Waals surface area contributed by atoms with Crippen LogP contribution in [0.15, 0.2) is 23.4 Å². The Kier molecular flexibility index (Phi) is 3.88. The van der Waals surface area contributed by atoms with Crippen LogP contribution in [0.25, 0.3) is 11.0 Å². The van der Waals surface area contributed by atoms with E-state index in [9.17, 15) is 10.1 Å². The largest absolute Gasteiger partial charge is 0.333 e. The third kappa shape index (κ3) is 2.94. The van der Waals surface area contributed by atoms with E-state index in [4.69, 9.17) is 0 Å². The number of aromatic nitrogens is 2. The summed E-state index contributed by atoms with van der Waals surface area (Å²) in [6.45, 7) is 2.19. The number of non-ortho nitro benzene ring substituents is 1. The summed E-state index contributed by atoms with van der Waals surface area (Å²) in [7, 11) is 0. The Labute approximate surface area is 120 Å². The van der Waals surface area contributed by atoms with Crippen LogP contribution >= 0.6 is 11.8 Å². The molecule has 3 rings (SSSR count). The Morgan fingerprint density at radius 2 is 2.40 bits per heavy atom. The fraction of sp³-hybridized carbons (Fsp3) is 0.462. The lowest BCUT2D eigenvalue weighted by Crippen LogP contribution is -2.30. The summed E-state index contributed by atoms with van der Waals surface area (Å²) in [5, 5.41) is 15.0. The first-order chi connectivity index (χ1) is 9.72. The van der Waals surface area contributed by atoms with Crippen LogP contribution in [0.5, 0.6) is 0 Å². The number of aromatic amines is 1. The predicted octanol–water partition coefficient (Wildman–Crippen LogP) is 2.56. The van der Waals surface area contributed by atoms with Gasteiger partial charge in [-0.15, -0.1) is 0 Å². The molecule has 106 valence electrons. The average molecular weight is 292 g/mol. The zero-order chi connectivity index (χ0) is 13.9. The molecule has 0 saturated carbocycles. The Morgan fingerprint density at radius 3 is 3.15 bits per heavy atom. The van der Waals surface area contributed by atoms with Crippen LogP contribution in [0.2, 0.25) is 0 Å². The molecule has 1 saturated heterocycles. The number of hydrogen-bond acceptors (Lipinski definition) is 5. The summed E-state index contributed by atoms with van der Waals surface area (Å²) >= 11 is 1.69. The van der Waals surface area contributed by atoms with Gasteiger partial charge in [-0.1, -0.05) is 11.8 Å². The number of imidazole rings is 1. The van der Waals surface area contributed by atoms with E-state index in [0.29, 0.717) is 5.92 Å². The van der Waals surface area contributed by atoms with Gasteiger partial charge in [0, 0.05) is 17.9 Å². The standard InChI is InChI=1S/C13H16N4O2S/c18-17(19)10-3-4-11-12(6-10)16-13(15-11)20-8-9-2-1-5-14-7-9/h3-4,6,9,14H,1-2,5,7-8H2,(H,15,16). The van der Waals surface area contributed by atoms with Crippen molar-refractivity contribution < 1.29 is 4.92 Å². The molecule has 6 nitrogen and oxygen atoms in total. The third-order valence-electron chi connectivity index (χ3n) is 3.51. The molecule has 2 aromatic rings. The Bertz CT molecular complexity index is 622. The summed E-state index contributed by atoms with van der Waals surface area (Å²) in [4.78, 5) is 18.0. The minimum Gasteiger partial charge on any atom is -0.333 e. The molecule has 0 spiro atoms. The summed E-state index contributed by atoms with van der Waals surface area (Å²) in [5.74, 6) is 1.70. The van der Waals surface area contributed by atoms with E-state index < -0.39 is 0 Å². The molecule has 1 aromatic heterocycles. The van der Waals surface area contributed by atoms with Gasteiger partial charge in [0.05, 0.1) is 16.0 Å². The highest BCUT2D eigenvalue weighted by Crippen LogP contribution is 2.25. The highest BCUT2D eigenvalue weighted by molar-refractivity contribution is 7.99. The second-order valence-electron chi connectivity index (χ2n) is 5.02. The maximum absolute atomic E-state index is 10.7. The van der Waals surface area contributed by atoms with Gasteiger partial charge in [-0.2, -0.15) is 0 Å². The number of rotatable bonds is 4. The molecule has 0 radical (unpaired) electrons. The lowest BCUT2D eigenvalue weighted by atomic mass is 10.0. The normalized spacial score (nSPS) is 19.3. The Hall–Kier alpha value is -1.60. The van der Waals surface area contributed by atoms with Crippen LogP contribution in [0.3, 0.4) is 0 Å². The number of fused-ring (bicyclic) bond motifs is 1. The van der Waals surface area contributed by atoms with Crippen molar-refractivity contribution in [3.8, 4) is 0 Å². The van der Waals surface area contributed by atoms with E-state index in [0.717, 1.165) is 35.0 Å².